The number of ketones is 1. The fraction of sp³-hybridized carbons (Fsp3) is 0.174. The molecule has 1 heterocycles. The molecule has 3 aromatic rings. The van der Waals surface area contributed by atoms with Crippen molar-refractivity contribution >= 4 is 21.7 Å². The van der Waals surface area contributed by atoms with Crippen LogP contribution in [0.4, 0.5) is 0 Å². The van der Waals surface area contributed by atoms with Crippen molar-refractivity contribution in [3.8, 4) is 0 Å². The van der Waals surface area contributed by atoms with Crippen LogP contribution in [0.25, 0.3) is 0 Å². The minimum absolute atomic E-state index is 0.0200. The Hall–Kier alpha value is -3.36. The van der Waals surface area contributed by atoms with Crippen LogP contribution in [0.2, 0.25) is 0 Å². The van der Waals surface area contributed by atoms with Crippen molar-refractivity contribution in [2.24, 2.45) is 4.99 Å². The molecule has 0 radical (unpaired) electrons. The van der Waals surface area contributed by atoms with Gasteiger partial charge in [-0.15, -0.1) is 0 Å². The maximum atomic E-state index is 12.4. The van der Waals surface area contributed by atoms with Crippen LogP contribution in [0.3, 0.4) is 0 Å². The smallest absolute Gasteiger partial charge is 0.248 e. The molecule has 0 spiro atoms. The number of nitrogens with zero attached hydrogens (tertiary/aromatic N) is 2. The van der Waals surface area contributed by atoms with Gasteiger partial charge < -0.3 is 4.57 Å². The summed E-state index contributed by atoms with van der Waals surface area (Å²) in [7, 11) is -3.83. The Kier molecular flexibility index (Phi) is 7.28. The third kappa shape index (κ3) is 6.31. The van der Waals surface area contributed by atoms with Gasteiger partial charge in [-0.25, -0.2) is 13.1 Å². The first-order valence-electron chi connectivity index (χ1n) is 9.73. The highest BCUT2D eigenvalue weighted by Gasteiger charge is 2.15. The largest absolute Gasteiger partial charge is 0.329 e. The fourth-order valence-electron chi connectivity index (χ4n) is 2.92. The van der Waals surface area contributed by atoms with Gasteiger partial charge in [-0.05, 0) is 36.8 Å². The molecule has 160 valence electrons. The van der Waals surface area contributed by atoms with Crippen LogP contribution in [-0.2, 0) is 21.4 Å². The van der Waals surface area contributed by atoms with Crippen LogP contribution < -0.4 is 10.2 Å². The highest BCUT2D eigenvalue weighted by Crippen LogP contribution is 2.12. The van der Waals surface area contributed by atoms with Crippen molar-refractivity contribution in [2.75, 3.05) is 6.54 Å². The predicted molar refractivity (Wildman–Crippen MR) is 117 cm³/mol. The van der Waals surface area contributed by atoms with E-state index in [9.17, 15) is 18.0 Å². The topological polar surface area (TPSA) is 97.6 Å². The molecular weight excluding hydrogens is 414 g/mol. The normalized spacial score (nSPS) is 12.0. The van der Waals surface area contributed by atoms with E-state index in [1.165, 1.54) is 25.1 Å². The first kappa shape index (κ1) is 22.3. The lowest BCUT2D eigenvalue weighted by atomic mass is 10.2. The summed E-state index contributed by atoms with van der Waals surface area (Å²) in [6.07, 6.45) is 1.75. The van der Waals surface area contributed by atoms with Crippen LogP contribution in [0, 0.1) is 0 Å². The van der Waals surface area contributed by atoms with Crippen molar-refractivity contribution in [2.45, 2.75) is 24.8 Å². The Morgan fingerprint density at radius 3 is 2.45 bits per heavy atom. The second kappa shape index (κ2) is 10.1. The van der Waals surface area contributed by atoms with Crippen LogP contribution in [0.15, 0.2) is 88.9 Å². The van der Waals surface area contributed by atoms with Crippen molar-refractivity contribution in [3.05, 3.63) is 95.6 Å². The van der Waals surface area contributed by atoms with Gasteiger partial charge in [0.15, 0.2) is 5.78 Å². The van der Waals surface area contributed by atoms with Gasteiger partial charge in [-0.2, -0.15) is 4.99 Å². The number of carbonyl (C=O) groups is 2. The van der Waals surface area contributed by atoms with Gasteiger partial charge in [0, 0.05) is 31.3 Å². The number of hydrogen-bond donors (Lipinski definition) is 1. The molecule has 0 unspecified atom stereocenters. The molecule has 0 aliphatic carbocycles. The lowest BCUT2D eigenvalue weighted by molar-refractivity contribution is -0.117. The molecule has 0 saturated carbocycles. The van der Waals surface area contributed by atoms with Gasteiger partial charge in [0.2, 0.25) is 15.9 Å². The molecule has 0 saturated heterocycles. The molecule has 8 heteroatoms. The van der Waals surface area contributed by atoms with E-state index in [1.807, 2.05) is 47.2 Å². The van der Waals surface area contributed by atoms with E-state index < -0.39 is 15.9 Å². The summed E-state index contributed by atoms with van der Waals surface area (Å²) in [5, 5.41) is 0. The maximum absolute atomic E-state index is 12.4. The molecule has 1 amide bonds. The van der Waals surface area contributed by atoms with E-state index in [-0.39, 0.29) is 23.6 Å². The van der Waals surface area contributed by atoms with E-state index in [2.05, 4.69) is 9.71 Å². The van der Waals surface area contributed by atoms with Crippen LogP contribution in [-0.4, -0.2) is 31.2 Å². The van der Waals surface area contributed by atoms with Crippen LogP contribution in [0.1, 0.15) is 29.3 Å². The van der Waals surface area contributed by atoms with Crippen molar-refractivity contribution in [1.29, 1.82) is 0 Å². The molecule has 31 heavy (non-hydrogen) atoms. The Labute approximate surface area is 181 Å². The number of carbonyl (C=O) groups excluding carboxylic acids is 2. The van der Waals surface area contributed by atoms with E-state index in [0.717, 1.165) is 5.56 Å². The monoisotopic (exact) mass is 437 g/mol. The van der Waals surface area contributed by atoms with Crippen molar-refractivity contribution < 1.29 is 18.0 Å². The molecule has 1 aromatic heterocycles. The van der Waals surface area contributed by atoms with Crippen molar-refractivity contribution in [3.63, 3.8) is 0 Å². The number of Topliss-reactive ketones (excluding diaryl/α,β-unsaturated/α-hetero) is 1. The fourth-order valence-corrected chi connectivity index (χ4v) is 4.00. The third-order valence-corrected chi connectivity index (χ3v) is 5.99. The highest BCUT2D eigenvalue weighted by atomic mass is 32.2. The summed E-state index contributed by atoms with van der Waals surface area (Å²) in [5.41, 5.74) is 1.87. The number of pyridine rings is 1. The predicted octanol–water partition coefficient (Wildman–Crippen LogP) is 2.53. The molecule has 0 fully saturated rings. The Bertz CT molecular complexity index is 1250. The zero-order valence-corrected chi connectivity index (χ0v) is 17.9. The van der Waals surface area contributed by atoms with Gasteiger partial charge in [0.25, 0.3) is 0 Å². The van der Waals surface area contributed by atoms with E-state index in [4.69, 9.17) is 0 Å². The number of hydrogen-bond acceptors (Lipinski definition) is 4. The lowest BCUT2D eigenvalue weighted by Gasteiger charge is -2.08. The number of aromatic nitrogens is 1. The molecular formula is C23H23N3O4S. The first-order chi connectivity index (χ1) is 14.8. The molecule has 7 nitrogen and oxygen atoms in total. The second-order valence-electron chi connectivity index (χ2n) is 6.91. The summed E-state index contributed by atoms with van der Waals surface area (Å²) in [6, 6.07) is 20.9. The number of rotatable bonds is 8. The molecule has 3 rings (SSSR count). The van der Waals surface area contributed by atoms with Gasteiger partial charge in [0.05, 0.1) is 4.90 Å². The van der Waals surface area contributed by atoms with Crippen LogP contribution >= 0.6 is 0 Å². The standard InChI is InChI=1S/C23H23N3O4S/c1-18(27)20-10-7-11-21(16-20)31(29,30)24-14-13-23(28)25-22-12-5-6-15-26(22)17-19-8-3-2-4-9-19/h2-12,15-16,24H,13-14,17H2,1H3. The molecule has 0 aliphatic heterocycles. The average molecular weight is 438 g/mol. The Morgan fingerprint density at radius 2 is 1.71 bits per heavy atom. The zero-order chi connectivity index (χ0) is 22.3. The molecule has 0 atom stereocenters. The van der Waals surface area contributed by atoms with Crippen molar-refractivity contribution in [1.82, 2.24) is 9.29 Å². The van der Waals surface area contributed by atoms with Gasteiger partial charge in [-0.1, -0.05) is 48.5 Å². The van der Waals surface area contributed by atoms with E-state index in [0.29, 0.717) is 17.6 Å². The summed E-state index contributed by atoms with van der Waals surface area (Å²) in [5.74, 6) is -0.661. The minimum atomic E-state index is -3.83. The average Bonchev–Trinajstić information content (AvgIpc) is 2.76. The SMILES string of the molecule is CC(=O)c1cccc(S(=O)(=O)NCCC(=O)N=c2ccccn2Cc2ccccc2)c1. The number of nitrogens with one attached hydrogen (secondary N) is 1. The number of sulfonamides is 1. The first-order valence-corrected chi connectivity index (χ1v) is 11.2. The number of benzene rings is 2. The van der Waals surface area contributed by atoms with Crippen LogP contribution in [0.5, 0.6) is 0 Å². The Morgan fingerprint density at radius 1 is 0.968 bits per heavy atom. The third-order valence-electron chi connectivity index (χ3n) is 4.53. The molecule has 0 bridgehead atoms. The summed E-state index contributed by atoms with van der Waals surface area (Å²) >= 11 is 0. The maximum Gasteiger partial charge on any atom is 0.248 e. The lowest BCUT2D eigenvalue weighted by Crippen LogP contribution is -2.27. The molecule has 2 aromatic carbocycles. The minimum Gasteiger partial charge on any atom is -0.329 e. The molecule has 1 N–H and O–H groups in total. The molecule has 0 aliphatic rings. The van der Waals surface area contributed by atoms with E-state index >= 15 is 0 Å². The number of amides is 1. The van der Waals surface area contributed by atoms with Gasteiger partial charge >= 0.3 is 0 Å². The second-order valence-corrected chi connectivity index (χ2v) is 8.68. The summed E-state index contributed by atoms with van der Waals surface area (Å²) in [4.78, 5) is 27.9. The quantitative estimate of drug-likeness (QED) is 0.548. The Balaban J connectivity index is 1.66. The zero-order valence-electron chi connectivity index (χ0n) is 17.1. The van der Waals surface area contributed by atoms with Gasteiger partial charge in [-0.3, -0.25) is 9.59 Å². The van der Waals surface area contributed by atoms with Gasteiger partial charge in [0.1, 0.15) is 5.49 Å². The van der Waals surface area contributed by atoms with E-state index in [1.54, 1.807) is 18.2 Å². The summed E-state index contributed by atoms with van der Waals surface area (Å²) < 4.78 is 29.1. The summed E-state index contributed by atoms with van der Waals surface area (Å²) in [6.45, 7) is 1.83. The highest BCUT2D eigenvalue weighted by molar-refractivity contribution is 7.89.